The zero-order chi connectivity index (χ0) is 12.6. The van der Waals surface area contributed by atoms with Crippen LogP contribution >= 0.6 is 25.3 Å². The number of thiol groups is 2. The van der Waals surface area contributed by atoms with Gasteiger partial charge in [-0.25, -0.2) is 4.79 Å². The van der Waals surface area contributed by atoms with Gasteiger partial charge in [-0.1, -0.05) is 19.6 Å². The summed E-state index contributed by atoms with van der Waals surface area (Å²) in [5, 5.41) is 8.52. The van der Waals surface area contributed by atoms with Gasteiger partial charge in [0.25, 0.3) is 0 Å². The lowest BCUT2D eigenvalue weighted by atomic mass is 9.88. The normalized spacial score (nSPS) is 14.0. The highest BCUT2D eigenvalue weighted by Crippen LogP contribution is 2.22. The van der Waals surface area contributed by atoms with Gasteiger partial charge in [0.1, 0.15) is 13.2 Å². The molecule has 0 saturated heterocycles. The van der Waals surface area contributed by atoms with Crippen molar-refractivity contribution < 1.29 is 24.2 Å². The second-order valence-electron chi connectivity index (χ2n) is 3.39. The Bertz CT molecular complexity index is 240. The van der Waals surface area contributed by atoms with Crippen molar-refractivity contribution in [3.63, 3.8) is 0 Å². The van der Waals surface area contributed by atoms with Gasteiger partial charge in [0, 0.05) is 0 Å². The van der Waals surface area contributed by atoms with Gasteiger partial charge in [-0.15, -0.1) is 0 Å². The minimum absolute atomic E-state index is 0.0134. The van der Waals surface area contributed by atoms with E-state index >= 15 is 0 Å². The Kier molecular flexibility index (Phi) is 7.61. The van der Waals surface area contributed by atoms with E-state index < -0.39 is 16.7 Å². The summed E-state index contributed by atoms with van der Waals surface area (Å²) in [5.41, 5.74) is -0.767. The molecule has 1 unspecified atom stereocenters. The maximum atomic E-state index is 10.9. The lowest BCUT2D eigenvalue weighted by Gasteiger charge is -2.28. The third-order valence-electron chi connectivity index (χ3n) is 2.26. The molecule has 0 aromatic heterocycles. The summed E-state index contributed by atoms with van der Waals surface area (Å²) < 4.78 is 9.59. The Morgan fingerprint density at radius 2 is 1.88 bits per heavy atom. The first kappa shape index (κ1) is 15.6. The highest BCUT2D eigenvalue weighted by molar-refractivity contribution is 7.96. The van der Waals surface area contributed by atoms with Crippen LogP contribution in [0.3, 0.4) is 0 Å². The van der Waals surface area contributed by atoms with E-state index in [9.17, 15) is 14.7 Å². The van der Waals surface area contributed by atoms with E-state index in [1.54, 1.807) is 6.92 Å². The molecule has 0 fully saturated rings. The molecule has 0 rings (SSSR count). The number of carbonyl (C=O) groups is 2. The number of hydrogen-bond donors (Lipinski definition) is 3. The zero-order valence-electron chi connectivity index (χ0n) is 9.01. The first-order valence-electron chi connectivity index (χ1n) is 4.72. The molecular formula is C9H16O5S2. The fourth-order valence-electron chi connectivity index (χ4n) is 0.943. The molecule has 0 aromatic rings. The van der Waals surface area contributed by atoms with Crippen LogP contribution in [0.2, 0.25) is 0 Å². The fraction of sp³-hybridized carbons (Fsp3) is 0.778. The Balaban J connectivity index is 4.31. The number of aliphatic hydroxyl groups is 1. The van der Waals surface area contributed by atoms with Crippen molar-refractivity contribution in [2.24, 2.45) is 5.41 Å². The quantitative estimate of drug-likeness (QED) is 0.473. The van der Waals surface area contributed by atoms with Crippen molar-refractivity contribution in [2.75, 3.05) is 25.6 Å². The third-order valence-corrected chi connectivity index (χ3v) is 2.64. The number of ether oxygens (including phenoxy) is 2. The highest BCUT2D eigenvalue weighted by atomic mass is 32.1. The first-order chi connectivity index (χ1) is 7.49. The summed E-state index contributed by atoms with van der Waals surface area (Å²) in [6.07, 6.45) is 0.504. The summed E-state index contributed by atoms with van der Waals surface area (Å²) in [4.78, 5) is 21.5. The van der Waals surface area contributed by atoms with Crippen molar-refractivity contribution in [3.8, 4) is 0 Å². The number of carbonyl (C=O) groups excluding carboxylic acids is 2. The highest BCUT2D eigenvalue weighted by Gasteiger charge is 2.31. The summed E-state index contributed by atoms with van der Waals surface area (Å²) in [7, 11) is 0. The first-order valence-corrected chi connectivity index (χ1v) is 5.80. The number of esters is 1. The van der Waals surface area contributed by atoms with Crippen molar-refractivity contribution in [1.29, 1.82) is 0 Å². The van der Waals surface area contributed by atoms with E-state index in [0.29, 0.717) is 6.42 Å². The van der Waals surface area contributed by atoms with Gasteiger partial charge >= 0.3 is 11.3 Å². The molecule has 1 N–H and O–H groups in total. The standard InChI is InChI=1S/C9H16O5S2/c1-2-9(4-10,6-14-8(12)16)5-13-7(11)3-15/h10,15H,2-6H2,1H3,(H,12,16). The van der Waals surface area contributed by atoms with Gasteiger partial charge in [-0.3, -0.25) is 4.79 Å². The summed E-state index contributed by atoms with van der Waals surface area (Å²) in [5.74, 6) is -0.510. The minimum Gasteiger partial charge on any atom is -0.464 e. The SMILES string of the molecule is CCC(CO)(COC(=O)S)COC(=O)CS. The molecular weight excluding hydrogens is 252 g/mol. The maximum Gasteiger partial charge on any atom is 0.364 e. The van der Waals surface area contributed by atoms with E-state index in [-0.39, 0.29) is 25.6 Å². The summed E-state index contributed by atoms with van der Waals surface area (Å²) in [6, 6.07) is 0. The Morgan fingerprint density at radius 1 is 1.31 bits per heavy atom. The Morgan fingerprint density at radius 3 is 2.25 bits per heavy atom. The number of rotatable bonds is 7. The molecule has 0 aliphatic carbocycles. The van der Waals surface area contributed by atoms with Crippen LogP contribution in [-0.4, -0.2) is 42.0 Å². The molecule has 5 nitrogen and oxygen atoms in total. The molecule has 7 heteroatoms. The van der Waals surface area contributed by atoms with Crippen molar-refractivity contribution in [2.45, 2.75) is 13.3 Å². The van der Waals surface area contributed by atoms with E-state index in [0.717, 1.165) is 0 Å². The monoisotopic (exact) mass is 268 g/mol. The van der Waals surface area contributed by atoms with Crippen LogP contribution < -0.4 is 0 Å². The molecule has 0 spiro atoms. The Hall–Kier alpha value is -0.400. The molecule has 0 aromatic carbocycles. The lowest BCUT2D eigenvalue weighted by molar-refractivity contribution is -0.146. The molecule has 0 radical (unpaired) electrons. The predicted molar refractivity (Wildman–Crippen MR) is 65.0 cm³/mol. The van der Waals surface area contributed by atoms with Crippen LogP contribution in [-0.2, 0) is 14.3 Å². The zero-order valence-corrected chi connectivity index (χ0v) is 10.8. The second-order valence-corrected chi connectivity index (χ2v) is 4.07. The molecule has 0 amide bonds. The van der Waals surface area contributed by atoms with Gasteiger partial charge < -0.3 is 14.6 Å². The van der Waals surface area contributed by atoms with Gasteiger partial charge in [0.05, 0.1) is 17.8 Å². The van der Waals surface area contributed by atoms with Gasteiger partial charge in [-0.05, 0) is 6.42 Å². The largest absolute Gasteiger partial charge is 0.464 e. The number of hydrogen-bond acceptors (Lipinski definition) is 6. The molecule has 16 heavy (non-hydrogen) atoms. The van der Waals surface area contributed by atoms with Crippen molar-refractivity contribution in [1.82, 2.24) is 0 Å². The lowest BCUT2D eigenvalue weighted by Crippen LogP contribution is -2.37. The van der Waals surface area contributed by atoms with Crippen LogP contribution in [0.4, 0.5) is 4.79 Å². The number of aliphatic hydroxyl groups excluding tert-OH is 1. The smallest absolute Gasteiger partial charge is 0.364 e. The average Bonchev–Trinajstić information content (AvgIpc) is 2.29. The molecule has 0 bridgehead atoms. The minimum atomic E-state index is -0.767. The molecule has 0 heterocycles. The van der Waals surface area contributed by atoms with Crippen molar-refractivity contribution >= 4 is 36.5 Å². The van der Waals surface area contributed by atoms with Gasteiger partial charge in [0.2, 0.25) is 0 Å². The third kappa shape index (κ3) is 5.62. The van der Waals surface area contributed by atoms with E-state index in [2.05, 4.69) is 25.3 Å². The van der Waals surface area contributed by atoms with Crippen LogP contribution in [0.15, 0.2) is 0 Å². The van der Waals surface area contributed by atoms with Gasteiger partial charge in [0.15, 0.2) is 0 Å². The van der Waals surface area contributed by atoms with Crippen LogP contribution in [0.1, 0.15) is 13.3 Å². The Labute approximate surface area is 105 Å². The summed E-state index contributed by atoms with van der Waals surface area (Å²) >= 11 is 7.21. The molecule has 0 saturated carbocycles. The maximum absolute atomic E-state index is 10.9. The molecule has 1 atom stereocenters. The average molecular weight is 268 g/mol. The van der Waals surface area contributed by atoms with E-state index in [1.165, 1.54) is 0 Å². The summed E-state index contributed by atoms with van der Waals surface area (Å²) in [6.45, 7) is 1.50. The molecule has 0 aliphatic rings. The van der Waals surface area contributed by atoms with Gasteiger partial charge in [-0.2, -0.15) is 12.6 Å². The van der Waals surface area contributed by atoms with E-state index in [1.807, 2.05) is 0 Å². The van der Waals surface area contributed by atoms with Crippen molar-refractivity contribution in [3.05, 3.63) is 0 Å². The fourth-order valence-corrected chi connectivity index (χ4v) is 1.10. The van der Waals surface area contributed by atoms with Crippen LogP contribution in [0.5, 0.6) is 0 Å². The topological polar surface area (TPSA) is 72.8 Å². The molecule has 0 aliphatic heterocycles. The van der Waals surface area contributed by atoms with Crippen LogP contribution in [0, 0.1) is 5.41 Å². The second kappa shape index (κ2) is 7.81. The van der Waals surface area contributed by atoms with E-state index in [4.69, 9.17) is 9.47 Å². The van der Waals surface area contributed by atoms with Crippen LogP contribution in [0.25, 0.3) is 0 Å². The molecule has 94 valence electrons. The predicted octanol–water partition coefficient (Wildman–Crippen LogP) is 0.915.